The number of hydrogen-bond acceptors (Lipinski definition) is 3. The first-order valence-electron chi connectivity index (χ1n) is 8.28. The van der Waals surface area contributed by atoms with Gasteiger partial charge in [-0.25, -0.2) is 9.18 Å². The highest BCUT2D eigenvalue weighted by atomic mass is 35.5. The number of benzene rings is 2. The summed E-state index contributed by atoms with van der Waals surface area (Å²) >= 11 is 5.98. The summed E-state index contributed by atoms with van der Waals surface area (Å²) in [6.45, 7) is 1.86. The van der Waals surface area contributed by atoms with E-state index in [0.717, 1.165) is 5.56 Å². The topological polar surface area (TPSA) is 78.5 Å². The molecule has 1 atom stereocenters. The second-order valence-electron chi connectivity index (χ2n) is 6.74. The summed E-state index contributed by atoms with van der Waals surface area (Å²) < 4.78 is 13.6. The van der Waals surface area contributed by atoms with E-state index in [1.807, 2.05) is 0 Å². The lowest BCUT2D eigenvalue weighted by Gasteiger charge is -2.32. The number of nitrogens with one attached hydrogen (secondary N) is 2. The molecule has 0 aromatic heterocycles. The Morgan fingerprint density at radius 2 is 1.96 bits per heavy atom. The summed E-state index contributed by atoms with van der Waals surface area (Å²) in [5, 5.41) is 5.31. The SMILES string of the molecule is Cc1cc(F)ccc1C1(CN2Cc3ccc(Cl)cc3C2=O)NC(=O)NC1=O. The van der Waals surface area contributed by atoms with Crippen molar-refractivity contribution in [1.29, 1.82) is 0 Å². The summed E-state index contributed by atoms with van der Waals surface area (Å²) in [6, 6.07) is 8.36. The van der Waals surface area contributed by atoms with Crippen molar-refractivity contribution in [1.82, 2.24) is 15.5 Å². The smallest absolute Gasteiger partial charge is 0.322 e. The molecule has 1 unspecified atom stereocenters. The fourth-order valence-electron chi connectivity index (χ4n) is 3.73. The van der Waals surface area contributed by atoms with Crippen LogP contribution in [0.1, 0.15) is 27.0 Å². The number of fused-ring (bicyclic) bond motifs is 1. The molecule has 2 aliphatic heterocycles. The Morgan fingerprint density at radius 1 is 1.19 bits per heavy atom. The van der Waals surface area contributed by atoms with Crippen molar-refractivity contribution >= 4 is 29.4 Å². The fraction of sp³-hybridized carbons (Fsp3) is 0.211. The number of amides is 4. The molecule has 2 aromatic carbocycles. The van der Waals surface area contributed by atoms with Crippen molar-refractivity contribution in [3.05, 3.63) is 69.5 Å². The Hall–Kier alpha value is -2.93. The third-order valence-corrected chi connectivity index (χ3v) is 5.20. The van der Waals surface area contributed by atoms with E-state index in [1.165, 1.54) is 23.1 Å². The number of aryl methyl sites for hydroxylation is 1. The Bertz CT molecular complexity index is 1010. The first-order chi connectivity index (χ1) is 12.8. The molecule has 27 heavy (non-hydrogen) atoms. The quantitative estimate of drug-likeness (QED) is 0.794. The highest BCUT2D eigenvalue weighted by Crippen LogP contribution is 2.33. The molecule has 6 nitrogen and oxygen atoms in total. The molecule has 4 amide bonds. The zero-order chi connectivity index (χ0) is 19.3. The normalized spacial score (nSPS) is 21.3. The zero-order valence-corrected chi connectivity index (χ0v) is 15.1. The summed E-state index contributed by atoms with van der Waals surface area (Å²) in [6.07, 6.45) is 0. The zero-order valence-electron chi connectivity index (χ0n) is 14.3. The van der Waals surface area contributed by atoms with Crippen LogP contribution in [-0.4, -0.2) is 29.3 Å². The molecule has 1 fully saturated rings. The van der Waals surface area contributed by atoms with E-state index in [4.69, 9.17) is 11.6 Å². The Balaban J connectivity index is 1.75. The highest BCUT2D eigenvalue weighted by molar-refractivity contribution is 6.31. The van der Waals surface area contributed by atoms with Crippen molar-refractivity contribution in [3.8, 4) is 0 Å². The number of imide groups is 1. The summed E-state index contributed by atoms with van der Waals surface area (Å²) in [5.74, 6) is -1.31. The Labute approximate surface area is 159 Å². The first kappa shape index (κ1) is 17.5. The lowest BCUT2D eigenvalue weighted by molar-refractivity contribution is -0.124. The van der Waals surface area contributed by atoms with E-state index in [-0.39, 0.29) is 19.0 Å². The number of hydrogen-bond donors (Lipinski definition) is 2. The monoisotopic (exact) mass is 387 g/mol. The average molecular weight is 388 g/mol. The molecule has 0 radical (unpaired) electrons. The second-order valence-corrected chi connectivity index (χ2v) is 7.17. The van der Waals surface area contributed by atoms with Crippen LogP contribution in [0.2, 0.25) is 5.02 Å². The van der Waals surface area contributed by atoms with Gasteiger partial charge in [0, 0.05) is 17.1 Å². The van der Waals surface area contributed by atoms with Crippen LogP contribution in [0.3, 0.4) is 0 Å². The van der Waals surface area contributed by atoms with Crippen LogP contribution >= 0.6 is 11.6 Å². The van der Waals surface area contributed by atoms with Gasteiger partial charge in [0.25, 0.3) is 11.8 Å². The molecule has 138 valence electrons. The maximum atomic E-state index is 13.6. The van der Waals surface area contributed by atoms with E-state index in [0.29, 0.717) is 21.7 Å². The van der Waals surface area contributed by atoms with Gasteiger partial charge in [0.1, 0.15) is 5.82 Å². The van der Waals surface area contributed by atoms with Crippen LogP contribution in [0.5, 0.6) is 0 Å². The lowest BCUT2D eigenvalue weighted by Crippen LogP contribution is -2.53. The van der Waals surface area contributed by atoms with Crippen molar-refractivity contribution in [2.45, 2.75) is 19.0 Å². The molecule has 2 aliphatic rings. The van der Waals surface area contributed by atoms with Gasteiger partial charge >= 0.3 is 6.03 Å². The van der Waals surface area contributed by atoms with E-state index < -0.39 is 23.3 Å². The summed E-state index contributed by atoms with van der Waals surface area (Å²) in [5.41, 5.74) is 0.711. The van der Waals surface area contributed by atoms with Gasteiger partial charge in [0.15, 0.2) is 5.54 Å². The van der Waals surface area contributed by atoms with Crippen molar-refractivity contribution in [2.75, 3.05) is 6.54 Å². The number of urea groups is 1. The van der Waals surface area contributed by atoms with Gasteiger partial charge in [-0.1, -0.05) is 23.7 Å². The van der Waals surface area contributed by atoms with Gasteiger partial charge in [-0.2, -0.15) is 0 Å². The van der Waals surface area contributed by atoms with Gasteiger partial charge in [0.2, 0.25) is 0 Å². The van der Waals surface area contributed by atoms with Crippen LogP contribution in [0.4, 0.5) is 9.18 Å². The number of carbonyl (C=O) groups excluding carboxylic acids is 3. The third kappa shape index (κ3) is 2.75. The number of nitrogens with zero attached hydrogens (tertiary/aromatic N) is 1. The molecule has 8 heteroatoms. The third-order valence-electron chi connectivity index (χ3n) is 4.97. The Morgan fingerprint density at radius 3 is 2.63 bits per heavy atom. The van der Waals surface area contributed by atoms with Gasteiger partial charge in [-0.3, -0.25) is 14.9 Å². The summed E-state index contributed by atoms with van der Waals surface area (Å²) in [4.78, 5) is 38.9. The lowest BCUT2D eigenvalue weighted by atomic mass is 9.86. The van der Waals surface area contributed by atoms with Gasteiger partial charge in [-0.15, -0.1) is 0 Å². The molecule has 0 bridgehead atoms. The molecule has 4 rings (SSSR count). The predicted octanol–water partition coefficient (Wildman–Crippen LogP) is 2.48. The van der Waals surface area contributed by atoms with Crippen LogP contribution in [0, 0.1) is 12.7 Å². The molecular weight excluding hydrogens is 373 g/mol. The van der Waals surface area contributed by atoms with Gasteiger partial charge in [0.05, 0.1) is 6.54 Å². The standard InChI is InChI=1S/C19H15ClFN3O3/c1-10-6-13(21)4-5-15(10)19(17(26)22-18(27)23-19)9-24-8-11-2-3-12(20)7-14(11)16(24)25/h2-7H,8-9H2,1H3,(H2,22,23,26,27). The molecular formula is C19H15ClFN3O3. The van der Waals surface area contributed by atoms with Crippen LogP contribution in [-0.2, 0) is 16.9 Å². The van der Waals surface area contributed by atoms with Crippen LogP contribution in [0.15, 0.2) is 36.4 Å². The van der Waals surface area contributed by atoms with Crippen LogP contribution in [0.25, 0.3) is 0 Å². The molecule has 0 aliphatic carbocycles. The fourth-order valence-corrected chi connectivity index (χ4v) is 3.90. The van der Waals surface area contributed by atoms with E-state index >= 15 is 0 Å². The average Bonchev–Trinajstić information content (AvgIpc) is 3.05. The number of rotatable bonds is 3. The van der Waals surface area contributed by atoms with Gasteiger partial charge < -0.3 is 10.2 Å². The van der Waals surface area contributed by atoms with Crippen LogP contribution < -0.4 is 10.6 Å². The van der Waals surface area contributed by atoms with Gasteiger partial charge in [-0.05, 0) is 47.9 Å². The molecule has 2 heterocycles. The number of halogens is 2. The largest absolute Gasteiger partial charge is 0.331 e. The molecule has 2 aromatic rings. The Kier molecular flexibility index (Phi) is 3.92. The van der Waals surface area contributed by atoms with E-state index in [2.05, 4.69) is 10.6 Å². The molecule has 0 saturated carbocycles. The minimum absolute atomic E-state index is 0.0812. The molecule has 1 saturated heterocycles. The first-order valence-corrected chi connectivity index (χ1v) is 8.66. The van der Waals surface area contributed by atoms with E-state index in [1.54, 1.807) is 25.1 Å². The summed E-state index contributed by atoms with van der Waals surface area (Å²) in [7, 11) is 0. The maximum Gasteiger partial charge on any atom is 0.322 e. The van der Waals surface area contributed by atoms with E-state index in [9.17, 15) is 18.8 Å². The maximum absolute atomic E-state index is 13.6. The minimum atomic E-state index is -1.49. The van der Waals surface area contributed by atoms with Crippen molar-refractivity contribution in [3.63, 3.8) is 0 Å². The molecule has 2 N–H and O–H groups in total. The second kappa shape index (κ2) is 6.06. The predicted molar refractivity (Wildman–Crippen MR) is 95.7 cm³/mol. The minimum Gasteiger partial charge on any atom is -0.331 e. The van der Waals surface area contributed by atoms with Crippen molar-refractivity contribution < 1.29 is 18.8 Å². The number of carbonyl (C=O) groups is 3. The molecule has 0 spiro atoms. The highest BCUT2D eigenvalue weighted by Gasteiger charge is 2.51. The van der Waals surface area contributed by atoms with Crippen molar-refractivity contribution in [2.24, 2.45) is 0 Å².